The van der Waals surface area contributed by atoms with Gasteiger partial charge in [0.05, 0.1) is 40.7 Å². The van der Waals surface area contributed by atoms with E-state index in [1.54, 1.807) is 17.5 Å². The Labute approximate surface area is 236 Å². The number of fused-ring (bicyclic) bond motifs is 1. The number of carbonyl (C=O) groups is 1. The fourth-order valence-electron chi connectivity index (χ4n) is 6.10. The number of carboxylic acid groups (broad SMARTS) is 1. The summed E-state index contributed by atoms with van der Waals surface area (Å²) in [6.45, 7) is 8.18. The maximum atomic E-state index is 11.7. The molecule has 6 heterocycles. The molecule has 0 spiro atoms. The monoisotopic (exact) mass is 562 g/mol. The molecule has 0 aromatic carbocycles. The van der Waals surface area contributed by atoms with Crippen LogP contribution in [0.1, 0.15) is 70.2 Å². The van der Waals surface area contributed by atoms with Gasteiger partial charge in [-0.3, -0.25) is 14.3 Å². The molecule has 1 N–H and O–H groups in total. The van der Waals surface area contributed by atoms with E-state index in [-0.39, 0.29) is 17.5 Å². The van der Waals surface area contributed by atoms with Gasteiger partial charge in [-0.05, 0) is 37.2 Å². The van der Waals surface area contributed by atoms with Crippen LogP contribution in [-0.2, 0) is 4.74 Å². The summed E-state index contributed by atoms with van der Waals surface area (Å²) in [6, 6.07) is 4.35. The van der Waals surface area contributed by atoms with Crippen molar-refractivity contribution >= 4 is 27.6 Å². The van der Waals surface area contributed by atoms with E-state index < -0.39 is 6.09 Å². The van der Waals surface area contributed by atoms with Crippen molar-refractivity contribution < 1.29 is 19.4 Å². The van der Waals surface area contributed by atoms with Crippen molar-refractivity contribution in [3.05, 3.63) is 42.6 Å². The molecule has 1 aliphatic carbocycles. The fraction of sp³-hybridized carbons (Fsp3) is 0.517. The molecular weight excluding hydrogens is 528 g/mol. The third-order valence-corrected chi connectivity index (χ3v) is 9.48. The molecule has 4 aromatic rings. The van der Waals surface area contributed by atoms with E-state index in [1.807, 2.05) is 23.1 Å². The van der Waals surface area contributed by atoms with Crippen molar-refractivity contribution in [2.75, 3.05) is 19.8 Å². The summed E-state index contributed by atoms with van der Waals surface area (Å²) >= 11 is 1.63. The Kier molecular flexibility index (Phi) is 6.12. The third-order valence-electron chi connectivity index (χ3n) is 8.29. The van der Waals surface area contributed by atoms with Crippen LogP contribution in [0, 0.1) is 5.41 Å². The van der Waals surface area contributed by atoms with Crippen LogP contribution in [0.2, 0.25) is 0 Å². The van der Waals surface area contributed by atoms with E-state index in [0.29, 0.717) is 18.5 Å². The summed E-state index contributed by atoms with van der Waals surface area (Å²) in [7, 11) is 0. The van der Waals surface area contributed by atoms with Crippen molar-refractivity contribution in [1.29, 1.82) is 0 Å². The van der Waals surface area contributed by atoms with Crippen LogP contribution in [-0.4, -0.2) is 66.4 Å². The van der Waals surface area contributed by atoms with Crippen LogP contribution < -0.4 is 4.74 Å². The van der Waals surface area contributed by atoms with Gasteiger partial charge < -0.3 is 19.5 Å². The zero-order chi connectivity index (χ0) is 27.6. The van der Waals surface area contributed by atoms with Crippen LogP contribution in [0.3, 0.4) is 0 Å². The average molecular weight is 563 g/mol. The molecule has 1 saturated carbocycles. The molecule has 3 fully saturated rings. The topological polar surface area (TPSA) is 108 Å². The van der Waals surface area contributed by atoms with Crippen molar-refractivity contribution in [3.63, 3.8) is 0 Å². The number of pyridine rings is 1. The minimum atomic E-state index is -0.880. The first-order valence-electron chi connectivity index (χ1n) is 14.0. The summed E-state index contributed by atoms with van der Waals surface area (Å²) in [5.74, 6) is 1.95. The van der Waals surface area contributed by atoms with E-state index >= 15 is 0 Å². The number of likely N-dealkylation sites (tertiary alicyclic amines) is 1. The lowest BCUT2D eigenvalue weighted by Gasteiger charge is -2.52. The number of thiophene rings is 1. The number of ether oxygens (including phenoxy) is 2. The summed E-state index contributed by atoms with van der Waals surface area (Å²) in [4.78, 5) is 18.9. The summed E-state index contributed by atoms with van der Waals surface area (Å²) < 4.78 is 17.2. The van der Waals surface area contributed by atoms with Gasteiger partial charge >= 0.3 is 6.09 Å². The molecule has 2 unspecified atom stereocenters. The lowest BCUT2D eigenvalue weighted by atomic mass is 9.76. The van der Waals surface area contributed by atoms with E-state index in [2.05, 4.69) is 47.8 Å². The first kappa shape index (κ1) is 25.5. The minimum absolute atomic E-state index is 0.00265. The molecule has 0 radical (unpaired) electrons. The summed E-state index contributed by atoms with van der Waals surface area (Å²) in [5.41, 5.74) is 2.70. The quantitative estimate of drug-likeness (QED) is 0.293. The highest BCUT2D eigenvalue weighted by Crippen LogP contribution is 2.45. The second kappa shape index (κ2) is 9.59. The average Bonchev–Trinajstić information content (AvgIpc) is 3.28. The van der Waals surface area contributed by atoms with Gasteiger partial charge in [0.25, 0.3) is 0 Å². The zero-order valence-corrected chi connectivity index (χ0v) is 23.8. The highest BCUT2D eigenvalue weighted by Gasteiger charge is 2.49. The highest BCUT2D eigenvalue weighted by molar-refractivity contribution is 7.22. The standard InChI is InChI=1S/C29H34N6O4S/c1-29(2,3)27-21(15-33(27)28(36)37)35-14-18(13-31-35)24-12-20-26(40-24)22(6-9-30-20)39-23-16-34(19-4-5-19)32-25(23)17-7-10-38-11-8-17/h6,9,12-14,16-17,19,21,27H,4-5,7-8,10-11,15H2,1-3H3,(H,36,37). The van der Waals surface area contributed by atoms with Gasteiger partial charge in [0, 0.05) is 54.6 Å². The first-order chi connectivity index (χ1) is 19.3. The number of hydrogen-bond acceptors (Lipinski definition) is 7. The maximum absolute atomic E-state index is 11.7. The smallest absolute Gasteiger partial charge is 0.407 e. The SMILES string of the molecule is CC(C)(C)C1C(n2cc(-c3cc4nccc(Oc5cn(C6CC6)nc5C5CCOCC5)c4s3)cn2)CN1C(=O)O. The molecule has 11 heteroatoms. The highest BCUT2D eigenvalue weighted by atomic mass is 32.1. The maximum Gasteiger partial charge on any atom is 0.407 e. The molecule has 4 aromatic heterocycles. The number of hydrogen-bond donors (Lipinski definition) is 1. The molecule has 0 bridgehead atoms. The predicted octanol–water partition coefficient (Wildman–Crippen LogP) is 6.33. The Bertz CT molecular complexity index is 1560. The van der Waals surface area contributed by atoms with E-state index in [9.17, 15) is 9.90 Å². The Balaban J connectivity index is 1.17. The van der Waals surface area contributed by atoms with Gasteiger partial charge in [-0.2, -0.15) is 10.2 Å². The predicted molar refractivity (Wildman–Crippen MR) is 151 cm³/mol. The van der Waals surface area contributed by atoms with Crippen molar-refractivity contribution in [2.45, 2.75) is 70.5 Å². The second-order valence-corrected chi connectivity index (χ2v) is 13.3. The molecule has 40 heavy (non-hydrogen) atoms. The number of nitrogens with zero attached hydrogens (tertiary/aromatic N) is 6. The van der Waals surface area contributed by atoms with Crippen molar-refractivity contribution in [3.8, 4) is 21.9 Å². The number of rotatable bonds is 6. The van der Waals surface area contributed by atoms with Crippen LogP contribution in [0.4, 0.5) is 4.79 Å². The van der Waals surface area contributed by atoms with E-state index in [0.717, 1.165) is 63.9 Å². The minimum Gasteiger partial charge on any atom is -0.465 e. The fourth-order valence-corrected chi connectivity index (χ4v) is 7.14. The van der Waals surface area contributed by atoms with Gasteiger partial charge in [-0.15, -0.1) is 11.3 Å². The molecule has 1 amide bonds. The third kappa shape index (κ3) is 4.54. The second-order valence-electron chi connectivity index (χ2n) is 12.2. The number of amides is 1. The van der Waals surface area contributed by atoms with Crippen LogP contribution in [0.5, 0.6) is 11.5 Å². The molecular formula is C29H34N6O4S. The number of aromatic nitrogens is 5. The lowest BCUT2D eigenvalue weighted by Crippen LogP contribution is -2.63. The van der Waals surface area contributed by atoms with Crippen LogP contribution >= 0.6 is 11.3 Å². The Morgan fingerprint density at radius 1 is 1.12 bits per heavy atom. The van der Waals surface area contributed by atoms with Gasteiger partial charge in [-0.1, -0.05) is 20.8 Å². The molecule has 3 aliphatic rings. The summed E-state index contributed by atoms with van der Waals surface area (Å²) in [5, 5.41) is 19.2. The molecule has 210 valence electrons. The van der Waals surface area contributed by atoms with Gasteiger partial charge in [0.1, 0.15) is 11.4 Å². The molecule has 10 nitrogen and oxygen atoms in total. The Morgan fingerprint density at radius 3 is 2.65 bits per heavy atom. The van der Waals surface area contributed by atoms with Crippen molar-refractivity contribution in [2.24, 2.45) is 5.41 Å². The van der Waals surface area contributed by atoms with Gasteiger partial charge in [0.2, 0.25) is 0 Å². The summed E-state index contributed by atoms with van der Waals surface area (Å²) in [6.07, 6.45) is 11.1. The lowest BCUT2D eigenvalue weighted by molar-refractivity contribution is -0.0319. The van der Waals surface area contributed by atoms with Gasteiger partial charge in [0.15, 0.2) is 5.75 Å². The first-order valence-corrected chi connectivity index (χ1v) is 14.8. The van der Waals surface area contributed by atoms with E-state index in [4.69, 9.17) is 14.6 Å². The van der Waals surface area contributed by atoms with Crippen LogP contribution in [0.25, 0.3) is 20.7 Å². The largest absolute Gasteiger partial charge is 0.465 e. The normalized spacial score (nSPS) is 22.0. The van der Waals surface area contributed by atoms with E-state index in [1.165, 1.54) is 17.7 Å². The van der Waals surface area contributed by atoms with Gasteiger partial charge in [-0.25, -0.2) is 4.79 Å². The zero-order valence-electron chi connectivity index (χ0n) is 23.0. The Morgan fingerprint density at radius 2 is 1.93 bits per heavy atom. The Hall–Kier alpha value is -3.44. The molecule has 7 rings (SSSR count). The van der Waals surface area contributed by atoms with Crippen molar-refractivity contribution in [1.82, 2.24) is 29.4 Å². The molecule has 2 aliphatic heterocycles. The molecule has 2 atom stereocenters. The molecule has 2 saturated heterocycles. The van der Waals surface area contributed by atoms with Crippen LogP contribution in [0.15, 0.2) is 36.9 Å².